The van der Waals surface area contributed by atoms with Crippen molar-refractivity contribution in [3.8, 4) is 0 Å². The zero-order valence-electron chi connectivity index (χ0n) is 9.90. The van der Waals surface area contributed by atoms with Crippen molar-refractivity contribution in [2.75, 3.05) is 5.32 Å². The van der Waals surface area contributed by atoms with Crippen LogP contribution in [-0.4, -0.2) is 16.1 Å². The highest BCUT2D eigenvalue weighted by atomic mass is 16.1. The van der Waals surface area contributed by atoms with Crippen LogP contribution in [0, 0.1) is 0 Å². The summed E-state index contributed by atoms with van der Waals surface area (Å²) >= 11 is 0. The van der Waals surface area contributed by atoms with Gasteiger partial charge in [0.1, 0.15) is 5.82 Å². The lowest BCUT2D eigenvalue weighted by molar-refractivity contribution is 0.102. The van der Waals surface area contributed by atoms with Crippen LogP contribution >= 0.6 is 0 Å². The zero-order valence-corrected chi connectivity index (χ0v) is 9.90. The van der Waals surface area contributed by atoms with Crippen LogP contribution in [0.1, 0.15) is 35.7 Å². The summed E-state index contributed by atoms with van der Waals surface area (Å²) in [6.45, 7) is 4.25. The SMILES string of the molecule is CC(C)c1ccc(C(=O)Nc2ccn[nH]2)cc1. The van der Waals surface area contributed by atoms with Crippen LogP contribution in [0.25, 0.3) is 0 Å². The van der Waals surface area contributed by atoms with Gasteiger partial charge in [0.05, 0.1) is 6.20 Å². The lowest BCUT2D eigenvalue weighted by atomic mass is 10.0. The first-order valence-corrected chi connectivity index (χ1v) is 5.57. The first-order valence-electron chi connectivity index (χ1n) is 5.57. The molecule has 0 spiro atoms. The summed E-state index contributed by atoms with van der Waals surface area (Å²) in [7, 11) is 0. The molecule has 0 atom stereocenters. The fraction of sp³-hybridized carbons (Fsp3) is 0.231. The monoisotopic (exact) mass is 229 g/mol. The standard InChI is InChI=1S/C13H15N3O/c1-9(2)10-3-5-11(6-4-10)13(17)15-12-7-8-14-16-12/h3-9H,1-2H3,(H2,14,15,16,17). The Labute approximate surface area is 100 Å². The lowest BCUT2D eigenvalue weighted by Gasteiger charge is -2.06. The molecular weight excluding hydrogens is 214 g/mol. The maximum atomic E-state index is 11.8. The summed E-state index contributed by atoms with van der Waals surface area (Å²) in [5, 5.41) is 9.18. The summed E-state index contributed by atoms with van der Waals surface area (Å²) in [5.41, 5.74) is 1.87. The van der Waals surface area contributed by atoms with Gasteiger partial charge in [-0.1, -0.05) is 26.0 Å². The number of hydrogen-bond donors (Lipinski definition) is 2. The largest absolute Gasteiger partial charge is 0.307 e. The summed E-state index contributed by atoms with van der Waals surface area (Å²) in [5.74, 6) is 0.937. The van der Waals surface area contributed by atoms with E-state index in [4.69, 9.17) is 0 Å². The zero-order chi connectivity index (χ0) is 12.3. The van der Waals surface area contributed by atoms with E-state index >= 15 is 0 Å². The molecule has 17 heavy (non-hydrogen) atoms. The van der Waals surface area contributed by atoms with Crippen LogP contribution in [0.3, 0.4) is 0 Å². The van der Waals surface area contributed by atoms with Crippen LogP contribution < -0.4 is 5.32 Å². The molecule has 88 valence electrons. The van der Waals surface area contributed by atoms with E-state index in [0.29, 0.717) is 17.3 Å². The minimum Gasteiger partial charge on any atom is -0.307 e. The van der Waals surface area contributed by atoms with Gasteiger partial charge in [-0.25, -0.2) is 0 Å². The van der Waals surface area contributed by atoms with E-state index in [-0.39, 0.29) is 5.91 Å². The maximum absolute atomic E-state index is 11.8. The van der Waals surface area contributed by atoms with Gasteiger partial charge in [0.25, 0.3) is 5.91 Å². The Hall–Kier alpha value is -2.10. The van der Waals surface area contributed by atoms with Crippen LogP contribution in [0.2, 0.25) is 0 Å². The molecule has 0 fully saturated rings. The van der Waals surface area contributed by atoms with Gasteiger partial charge < -0.3 is 5.32 Å². The second-order valence-electron chi connectivity index (χ2n) is 4.20. The van der Waals surface area contributed by atoms with Crippen molar-refractivity contribution in [3.05, 3.63) is 47.7 Å². The van der Waals surface area contributed by atoms with Gasteiger partial charge in [-0.3, -0.25) is 9.89 Å². The van der Waals surface area contributed by atoms with Crippen molar-refractivity contribution in [3.63, 3.8) is 0 Å². The third-order valence-electron chi connectivity index (χ3n) is 2.59. The van der Waals surface area contributed by atoms with Crippen molar-refractivity contribution in [2.45, 2.75) is 19.8 Å². The highest BCUT2D eigenvalue weighted by Crippen LogP contribution is 2.15. The molecule has 0 saturated carbocycles. The van der Waals surface area contributed by atoms with Crippen molar-refractivity contribution in [1.29, 1.82) is 0 Å². The van der Waals surface area contributed by atoms with E-state index in [0.717, 1.165) is 0 Å². The molecule has 0 aliphatic heterocycles. The van der Waals surface area contributed by atoms with Crippen molar-refractivity contribution < 1.29 is 4.79 Å². The molecule has 4 heteroatoms. The third kappa shape index (κ3) is 2.72. The molecule has 0 bridgehead atoms. The Morgan fingerprint density at radius 1 is 1.24 bits per heavy atom. The van der Waals surface area contributed by atoms with Crippen LogP contribution in [0.5, 0.6) is 0 Å². The van der Waals surface area contributed by atoms with Crippen LogP contribution in [0.15, 0.2) is 36.5 Å². The first kappa shape index (κ1) is 11.4. The minimum atomic E-state index is -0.135. The molecule has 1 amide bonds. The van der Waals surface area contributed by atoms with Gasteiger partial charge in [-0.2, -0.15) is 5.10 Å². The second-order valence-corrected chi connectivity index (χ2v) is 4.20. The predicted molar refractivity (Wildman–Crippen MR) is 67.1 cm³/mol. The number of aromatic nitrogens is 2. The molecule has 0 aliphatic carbocycles. The molecule has 2 N–H and O–H groups in total. The molecule has 1 heterocycles. The molecule has 2 rings (SSSR count). The fourth-order valence-electron chi connectivity index (χ4n) is 1.54. The van der Waals surface area contributed by atoms with E-state index in [2.05, 4.69) is 29.4 Å². The molecule has 0 radical (unpaired) electrons. The van der Waals surface area contributed by atoms with Gasteiger partial charge in [0.2, 0.25) is 0 Å². The Bertz CT molecular complexity index is 486. The van der Waals surface area contributed by atoms with Crippen LogP contribution in [-0.2, 0) is 0 Å². The molecule has 1 aromatic carbocycles. The van der Waals surface area contributed by atoms with Gasteiger partial charge in [0.15, 0.2) is 0 Å². The number of amides is 1. The summed E-state index contributed by atoms with van der Waals surface area (Å²) in [6, 6.07) is 9.33. The van der Waals surface area contributed by atoms with E-state index in [1.807, 2.05) is 24.3 Å². The lowest BCUT2D eigenvalue weighted by Crippen LogP contribution is -2.12. The van der Waals surface area contributed by atoms with Gasteiger partial charge in [0, 0.05) is 11.6 Å². The van der Waals surface area contributed by atoms with Crippen molar-refractivity contribution in [2.24, 2.45) is 0 Å². The van der Waals surface area contributed by atoms with Crippen LogP contribution in [0.4, 0.5) is 5.82 Å². The average Bonchev–Trinajstić information content (AvgIpc) is 2.82. The van der Waals surface area contributed by atoms with Crippen molar-refractivity contribution >= 4 is 11.7 Å². The predicted octanol–water partition coefficient (Wildman–Crippen LogP) is 2.79. The number of rotatable bonds is 3. The number of anilines is 1. The number of benzene rings is 1. The number of nitrogens with one attached hydrogen (secondary N) is 2. The molecule has 0 saturated heterocycles. The third-order valence-corrected chi connectivity index (χ3v) is 2.59. The Kier molecular flexibility index (Phi) is 3.23. The number of hydrogen-bond acceptors (Lipinski definition) is 2. The first-order chi connectivity index (χ1) is 8.16. The fourth-order valence-corrected chi connectivity index (χ4v) is 1.54. The number of nitrogens with zero attached hydrogens (tertiary/aromatic N) is 1. The highest BCUT2D eigenvalue weighted by Gasteiger charge is 2.07. The molecule has 4 nitrogen and oxygen atoms in total. The molecule has 1 aromatic heterocycles. The van der Waals surface area contributed by atoms with Gasteiger partial charge in [-0.05, 0) is 23.6 Å². The number of aromatic amines is 1. The summed E-state index contributed by atoms with van der Waals surface area (Å²) in [6.07, 6.45) is 1.59. The quantitative estimate of drug-likeness (QED) is 0.850. The second kappa shape index (κ2) is 4.82. The van der Waals surface area contributed by atoms with Gasteiger partial charge in [-0.15, -0.1) is 0 Å². The van der Waals surface area contributed by atoms with E-state index in [1.165, 1.54) is 5.56 Å². The van der Waals surface area contributed by atoms with Crippen molar-refractivity contribution in [1.82, 2.24) is 10.2 Å². The van der Waals surface area contributed by atoms with E-state index < -0.39 is 0 Å². The number of H-pyrrole nitrogens is 1. The smallest absolute Gasteiger partial charge is 0.256 e. The Balaban J connectivity index is 2.09. The number of carbonyl (C=O) groups is 1. The molecule has 0 unspecified atom stereocenters. The highest BCUT2D eigenvalue weighted by molar-refractivity contribution is 6.03. The Morgan fingerprint density at radius 2 is 1.94 bits per heavy atom. The van der Waals surface area contributed by atoms with E-state index in [1.54, 1.807) is 12.3 Å². The normalized spacial score (nSPS) is 10.5. The topological polar surface area (TPSA) is 57.8 Å². The Morgan fingerprint density at radius 3 is 2.47 bits per heavy atom. The maximum Gasteiger partial charge on any atom is 0.256 e. The summed E-state index contributed by atoms with van der Waals surface area (Å²) in [4.78, 5) is 11.8. The molecule has 2 aromatic rings. The summed E-state index contributed by atoms with van der Waals surface area (Å²) < 4.78 is 0. The van der Waals surface area contributed by atoms with E-state index in [9.17, 15) is 4.79 Å². The molecular formula is C13H15N3O. The minimum absolute atomic E-state index is 0.135. The molecule has 0 aliphatic rings. The average molecular weight is 229 g/mol. The number of carbonyl (C=O) groups excluding carboxylic acids is 1. The van der Waals surface area contributed by atoms with Gasteiger partial charge >= 0.3 is 0 Å².